The van der Waals surface area contributed by atoms with Crippen molar-refractivity contribution in [1.82, 2.24) is 25.2 Å². The molecule has 1 aliphatic rings. The van der Waals surface area contributed by atoms with E-state index < -0.39 is 0 Å². The first-order valence-corrected chi connectivity index (χ1v) is 7.24. The summed E-state index contributed by atoms with van der Waals surface area (Å²) in [6, 6.07) is 4.20. The van der Waals surface area contributed by atoms with Crippen LogP contribution >= 0.6 is 0 Å². The van der Waals surface area contributed by atoms with Crippen LogP contribution in [0.1, 0.15) is 24.8 Å². The fourth-order valence-corrected chi connectivity index (χ4v) is 2.53. The molecule has 0 radical (unpaired) electrons. The maximum absolute atomic E-state index is 11.9. The molecular weight excluding hydrogens is 266 g/mol. The summed E-state index contributed by atoms with van der Waals surface area (Å²) in [5, 5.41) is 6.30. The minimum absolute atomic E-state index is 0.0930. The zero-order valence-corrected chi connectivity index (χ0v) is 11.8. The lowest BCUT2D eigenvalue weighted by molar-refractivity contribution is -0.121. The molecule has 1 amide bonds. The van der Waals surface area contributed by atoms with Gasteiger partial charge in [-0.05, 0) is 37.1 Å². The molecule has 21 heavy (non-hydrogen) atoms. The van der Waals surface area contributed by atoms with Gasteiger partial charge in [0.05, 0.1) is 0 Å². The molecule has 2 aromatic rings. The van der Waals surface area contributed by atoms with Crippen molar-refractivity contribution in [1.29, 1.82) is 0 Å². The van der Waals surface area contributed by atoms with Gasteiger partial charge in [0.2, 0.25) is 5.91 Å². The van der Waals surface area contributed by atoms with Gasteiger partial charge in [0.15, 0.2) is 0 Å². The molecule has 1 aliphatic heterocycles. The van der Waals surface area contributed by atoms with E-state index in [1.807, 2.05) is 22.9 Å². The van der Waals surface area contributed by atoms with Gasteiger partial charge >= 0.3 is 0 Å². The van der Waals surface area contributed by atoms with Crippen LogP contribution in [0.5, 0.6) is 0 Å². The fraction of sp³-hybridized carbons (Fsp3) is 0.400. The number of nitrogens with zero attached hydrogens (tertiary/aromatic N) is 3. The second-order valence-corrected chi connectivity index (χ2v) is 5.27. The van der Waals surface area contributed by atoms with Gasteiger partial charge in [0.25, 0.3) is 0 Å². The number of carbonyl (C=O) groups is 1. The highest BCUT2D eigenvalue weighted by atomic mass is 16.1. The monoisotopic (exact) mass is 285 g/mol. The molecule has 1 unspecified atom stereocenters. The minimum atomic E-state index is 0.0930. The number of hydrogen-bond acceptors (Lipinski definition) is 4. The molecule has 3 rings (SSSR count). The number of nitrogens with one attached hydrogen (secondary N) is 2. The molecule has 1 fully saturated rings. The summed E-state index contributed by atoms with van der Waals surface area (Å²) >= 11 is 0. The number of carbonyl (C=O) groups excluding carboxylic acids is 1. The van der Waals surface area contributed by atoms with Gasteiger partial charge in [-0.15, -0.1) is 0 Å². The Hall–Kier alpha value is -2.21. The molecule has 6 nitrogen and oxygen atoms in total. The van der Waals surface area contributed by atoms with Gasteiger partial charge in [0, 0.05) is 37.6 Å². The lowest BCUT2D eigenvalue weighted by Crippen LogP contribution is -2.31. The van der Waals surface area contributed by atoms with Gasteiger partial charge in [-0.25, -0.2) is 9.97 Å². The summed E-state index contributed by atoms with van der Waals surface area (Å²) in [5.41, 5.74) is 1.03. The molecule has 0 bridgehead atoms. The summed E-state index contributed by atoms with van der Waals surface area (Å²) in [7, 11) is 0. The van der Waals surface area contributed by atoms with Crippen LogP contribution in [0.2, 0.25) is 0 Å². The second kappa shape index (κ2) is 6.49. The highest BCUT2D eigenvalue weighted by molar-refractivity contribution is 5.76. The van der Waals surface area contributed by atoms with Crippen molar-refractivity contribution in [2.45, 2.75) is 31.8 Å². The van der Waals surface area contributed by atoms with Gasteiger partial charge in [0.1, 0.15) is 12.1 Å². The number of amides is 1. The number of rotatable bonds is 5. The Morgan fingerprint density at radius 2 is 2.43 bits per heavy atom. The van der Waals surface area contributed by atoms with Crippen LogP contribution in [0, 0.1) is 0 Å². The standard InChI is InChI=1S/C15H19N5O/c21-15(9-13-2-1-4-17-13)19-10-12-3-5-18-14(8-12)20-7-6-16-11-20/h3,5-8,11,13,17H,1-2,4,9-10H2,(H,19,21). The lowest BCUT2D eigenvalue weighted by atomic mass is 10.1. The molecule has 0 aliphatic carbocycles. The van der Waals surface area contributed by atoms with Crippen LogP contribution in [-0.4, -0.2) is 33.0 Å². The number of hydrogen-bond donors (Lipinski definition) is 2. The summed E-state index contributed by atoms with van der Waals surface area (Å²) in [6.45, 7) is 1.55. The topological polar surface area (TPSA) is 71.8 Å². The molecule has 6 heteroatoms. The predicted octanol–water partition coefficient (Wildman–Crippen LogP) is 1.03. The molecule has 1 atom stereocenters. The average Bonchev–Trinajstić information content (AvgIpc) is 3.19. The maximum Gasteiger partial charge on any atom is 0.221 e. The van der Waals surface area contributed by atoms with Crippen LogP contribution in [0.3, 0.4) is 0 Å². The van der Waals surface area contributed by atoms with Crippen LogP contribution in [0.25, 0.3) is 5.82 Å². The van der Waals surface area contributed by atoms with E-state index >= 15 is 0 Å². The molecule has 1 saturated heterocycles. The number of pyridine rings is 1. The highest BCUT2D eigenvalue weighted by Gasteiger charge is 2.17. The van der Waals surface area contributed by atoms with Crippen molar-refractivity contribution in [3.05, 3.63) is 42.6 Å². The summed E-state index contributed by atoms with van der Waals surface area (Å²) in [5.74, 6) is 0.895. The maximum atomic E-state index is 11.9. The summed E-state index contributed by atoms with van der Waals surface area (Å²) < 4.78 is 1.84. The molecule has 2 aromatic heterocycles. The van der Waals surface area contributed by atoms with Gasteiger partial charge < -0.3 is 10.6 Å². The quantitative estimate of drug-likeness (QED) is 0.860. The van der Waals surface area contributed by atoms with Gasteiger partial charge in [-0.2, -0.15) is 0 Å². The van der Waals surface area contributed by atoms with Crippen LogP contribution < -0.4 is 10.6 Å². The molecular formula is C15H19N5O. The predicted molar refractivity (Wildman–Crippen MR) is 78.8 cm³/mol. The van der Waals surface area contributed by atoms with Gasteiger partial charge in [-0.3, -0.25) is 9.36 Å². The Balaban J connectivity index is 1.55. The van der Waals surface area contributed by atoms with E-state index in [9.17, 15) is 4.79 Å². The Bertz CT molecular complexity index is 590. The van der Waals surface area contributed by atoms with Crippen LogP contribution in [-0.2, 0) is 11.3 Å². The molecule has 0 aromatic carbocycles. The third-order valence-electron chi connectivity index (χ3n) is 3.66. The Labute approximate surface area is 123 Å². The normalized spacial score (nSPS) is 17.8. The first-order chi connectivity index (χ1) is 10.3. The van der Waals surface area contributed by atoms with E-state index in [1.54, 1.807) is 18.7 Å². The minimum Gasteiger partial charge on any atom is -0.352 e. The molecule has 0 saturated carbocycles. The average molecular weight is 285 g/mol. The molecule has 0 spiro atoms. The van der Waals surface area contributed by atoms with E-state index in [0.29, 0.717) is 19.0 Å². The zero-order valence-electron chi connectivity index (χ0n) is 11.8. The first-order valence-electron chi connectivity index (χ1n) is 7.24. The van der Waals surface area contributed by atoms with Crippen molar-refractivity contribution in [2.75, 3.05) is 6.54 Å². The highest BCUT2D eigenvalue weighted by Crippen LogP contribution is 2.09. The third kappa shape index (κ3) is 3.66. The zero-order chi connectivity index (χ0) is 14.5. The fourth-order valence-electron chi connectivity index (χ4n) is 2.53. The van der Waals surface area contributed by atoms with Crippen LogP contribution in [0.4, 0.5) is 0 Å². The van der Waals surface area contributed by atoms with Crippen molar-refractivity contribution < 1.29 is 4.79 Å². The van der Waals surface area contributed by atoms with E-state index in [1.165, 1.54) is 0 Å². The van der Waals surface area contributed by atoms with E-state index in [-0.39, 0.29) is 5.91 Å². The van der Waals surface area contributed by atoms with Crippen molar-refractivity contribution in [3.8, 4) is 5.82 Å². The number of imidazole rings is 1. The lowest BCUT2D eigenvalue weighted by Gasteiger charge is -2.11. The Morgan fingerprint density at radius 1 is 1.48 bits per heavy atom. The van der Waals surface area contributed by atoms with Crippen molar-refractivity contribution in [3.63, 3.8) is 0 Å². The SMILES string of the molecule is O=C(CC1CCCN1)NCc1ccnc(-n2ccnc2)c1. The molecule has 2 N–H and O–H groups in total. The molecule has 3 heterocycles. The van der Waals surface area contributed by atoms with E-state index in [2.05, 4.69) is 20.6 Å². The van der Waals surface area contributed by atoms with E-state index in [4.69, 9.17) is 0 Å². The summed E-state index contributed by atoms with van der Waals surface area (Å²) in [6.07, 6.45) is 9.82. The summed E-state index contributed by atoms with van der Waals surface area (Å²) in [4.78, 5) is 20.2. The third-order valence-corrected chi connectivity index (χ3v) is 3.66. The Kier molecular flexibility index (Phi) is 4.25. The van der Waals surface area contributed by atoms with Crippen molar-refractivity contribution >= 4 is 5.91 Å². The molecule has 110 valence electrons. The van der Waals surface area contributed by atoms with Gasteiger partial charge in [-0.1, -0.05) is 0 Å². The van der Waals surface area contributed by atoms with Crippen molar-refractivity contribution in [2.24, 2.45) is 0 Å². The second-order valence-electron chi connectivity index (χ2n) is 5.27. The smallest absolute Gasteiger partial charge is 0.221 e. The van der Waals surface area contributed by atoms with E-state index in [0.717, 1.165) is 30.8 Å². The first kappa shape index (κ1) is 13.8. The Morgan fingerprint density at radius 3 is 3.19 bits per heavy atom. The van der Waals surface area contributed by atoms with Crippen LogP contribution in [0.15, 0.2) is 37.1 Å². The largest absolute Gasteiger partial charge is 0.352 e. The number of aromatic nitrogens is 3.